The third-order valence-electron chi connectivity index (χ3n) is 7.56. The second-order valence-electron chi connectivity index (χ2n) is 10.4. The molecule has 1 aliphatic heterocycles. The summed E-state index contributed by atoms with van der Waals surface area (Å²) in [6, 6.07) is 14.0. The molecule has 39 heavy (non-hydrogen) atoms. The lowest BCUT2D eigenvalue weighted by Crippen LogP contribution is -2.40. The maximum absolute atomic E-state index is 14.1. The van der Waals surface area contributed by atoms with Crippen LogP contribution in [-0.4, -0.2) is 21.7 Å². The second-order valence-corrected chi connectivity index (χ2v) is 11.4. The highest BCUT2D eigenvalue weighted by Gasteiger charge is 2.33. The first-order valence-corrected chi connectivity index (χ1v) is 14.4. The van der Waals surface area contributed by atoms with Crippen molar-refractivity contribution >= 4 is 34.3 Å². The summed E-state index contributed by atoms with van der Waals surface area (Å²) in [5, 5.41) is 1.13. The average Bonchev–Trinajstić information content (AvgIpc) is 3.35. The van der Waals surface area contributed by atoms with E-state index in [0.717, 1.165) is 34.3 Å². The van der Waals surface area contributed by atoms with Gasteiger partial charge in [0, 0.05) is 28.7 Å². The van der Waals surface area contributed by atoms with Crippen molar-refractivity contribution in [3.63, 3.8) is 0 Å². The van der Waals surface area contributed by atoms with Crippen molar-refractivity contribution in [1.29, 1.82) is 0 Å². The Morgan fingerprint density at radius 2 is 1.82 bits per heavy atom. The van der Waals surface area contributed by atoms with Gasteiger partial charge < -0.3 is 9.30 Å². The van der Waals surface area contributed by atoms with Crippen molar-refractivity contribution in [2.24, 2.45) is 4.99 Å². The predicted octanol–water partition coefficient (Wildman–Crippen LogP) is 5.51. The highest BCUT2D eigenvalue weighted by atomic mass is 32.1. The van der Waals surface area contributed by atoms with Crippen LogP contribution in [0, 0.1) is 13.8 Å². The molecule has 1 atom stereocenters. The minimum atomic E-state index is -0.607. The number of aryl methyl sites for hydroxylation is 2. The lowest BCUT2D eigenvalue weighted by molar-refractivity contribution is -0.139. The zero-order valence-corrected chi connectivity index (χ0v) is 24.5. The van der Waals surface area contributed by atoms with Crippen molar-refractivity contribution < 1.29 is 9.53 Å². The molecule has 202 valence electrons. The van der Waals surface area contributed by atoms with Gasteiger partial charge >= 0.3 is 5.97 Å². The second kappa shape index (κ2) is 10.5. The summed E-state index contributed by atoms with van der Waals surface area (Å²) < 4.78 is 9.97. The van der Waals surface area contributed by atoms with Gasteiger partial charge in [0.25, 0.3) is 5.56 Å². The molecule has 0 bridgehead atoms. The van der Waals surface area contributed by atoms with Crippen LogP contribution < -0.4 is 14.9 Å². The highest BCUT2D eigenvalue weighted by Crippen LogP contribution is 2.32. The van der Waals surface area contributed by atoms with E-state index in [4.69, 9.17) is 9.73 Å². The largest absolute Gasteiger partial charge is 0.463 e. The molecule has 6 nitrogen and oxygen atoms in total. The van der Waals surface area contributed by atoms with Crippen LogP contribution in [0.15, 0.2) is 63.5 Å². The van der Waals surface area contributed by atoms with Gasteiger partial charge in [-0.3, -0.25) is 9.36 Å². The number of rotatable bonds is 6. The van der Waals surface area contributed by atoms with E-state index in [1.807, 2.05) is 25.1 Å². The van der Waals surface area contributed by atoms with Gasteiger partial charge in [0.15, 0.2) is 4.80 Å². The topological polar surface area (TPSA) is 65.6 Å². The van der Waals surface area contributed by atoms with E-state index in [9.17, 15) is 9.59 Å². The summed E-state index contributed by atoms with van der Waals surface area (Å²) in [6.45, 7) is 15.3. The van der Waals surface area contributed by atoms with Gasteiger partial charge in [-0.05, 0) is 69.9 Å². The molecule has 3 heterocycles. The van der Waals surface area contributed by atoms with E-state index in [2.05, 4.69) is 69.5 Å². The predicted molar refractivity (Wildman–Crippen MR) is 158 cm³/mol. The molecule has 1 aliphatic rings. The third kappa shape index (κ3) is 4.59. The Balaban J connectivity index is 1.76. The van der Waals surface area contributed by atoms with E-state index in [1.54, 1.807) is 11.5 Å². The normalized spacial score (nSPS) is 15.7. The number of esters is 1. The van der Waals surface area contributed by atoms with Crippen molar-refractivity contribution in [2.75, 3.05) is 6.61 Å². The van der Waals surface area contributed by atoms with Crippen LogP contribution in [0.1, 0.15) is 74.5 Å². The first-order chi connectivity index (χ1) is 18.7. The molecular weight excluding hydrogens is 506 g/mol. The van der Waals surface area contributed by atoms with Crippen LogP contribution in [0.2, 0.25) is 0 Å². The Hall–Kier alpha value is -3.71. The molecule has 0 saturated carbocycles. The summed E-state index contributed by atoms with van der Waals surface area (Å²) in [6.07, 6.45) is 2.00. The number of allylic oxidation sites excluding steroid dienone is 1. The van der Waals surface area contributed by atoms with Gasteiger partial charge in [0.1, 0.15) is 0 Å². The number of benzene rings is 2. The summed E-state index contributed by atoms with van der Waals surface area (Å²) in [5.74, 6) is -0.0664. The maximum Gasteiger partial charge on any atom is 0.338 e. The van der Waals surface area contributed by atoms with Crippen LogP contribution in [0.5, 0.6) is 0 Å². The summed E-state index contributed by atoms with van der Waals surface area (Å²) in [4.78, 5) is 32.6. The molecule has 0 fully saturated rings. The van der Waals surface area contributed by atoms with Crippen LogP contribution in [-0.2, 0) is 16.1 Å². The molecule has 0 saturated heterocycles. The summed E-state index contributed by atoms with van der Waals surface area (Å²) >= 11 is 1.37. The Labute approximate surface area is 232 Å². The monoisotopic (exact) mass is 541 g/mol. The molecule has 4 aromatic rings. The lowest BCUT2D eigenvalue weighted by Gasteiger charge is -2.25. The fourth-order valence-corrected chi connectivity index (χ4v) is 6.54. The van der Waals surface area contributed by atoms with Crippen molar-refractivity contribution in [3.8, 4) is 0 Å². The zero-order valence-electron chi connectivity index (χ0n) is 23.7. The third-order valence-corrected chi connectivity index (χ3v) is 8.54. The number of aromatic nitrogens is 2. The first-order valence-electron chi connectivity index (χ1n) is 13.5. The van der Waals surface area contributed by atoms with E-state index in [0.29, 0.717) is 26.5 Å². The number of carbonyl (C=O) groups is 1. The average molecular weight is 542 g/mol. The number of fused-ring (bicyclic) bond motifs is 2. The number of thiazole rings is 1. The maximum atomic E-state index is 14.1. The molecule has 0 spiro atoms. The molecule has 0 amide bonds. The SMILES string of the molecule is CCOC(=O)C1=C(C)N=c2s/c(=C\c3c(C)n(CC)c4ccc(C)cc34)c(=O)n2[C@@H]1c1ccc(C(C)C)cc1. The lowest BCUT2D eigenvalue weighted by atomic mass is 9.93. The Bertz CT molecular complexity index is 1800. The number of nitrogens with zero attached hydrogens (tertiary/aromatic N) is 3. The molecule has 0 radical (unpaired) electrons. The van der Waals surface area contributed by atoms with Gasteiger partial charge in [-0.2, -0.15) is 0 Å². The van der Waals surface area contributed by atoms with Gasteiger partial charge in [0.2, 0.25) is 0 Å². The number of hydrogen-bond acceptors (Lipinski definition) is 5. The van der Waals surface area contributed by atoms with E-state index >= 15 is 0 Å². The summed E-state index contributed by atoms with van der Waals surface area (Å²) in [7, 11) is 0. The first kappa shape index (κ1) is 26.9. The molecule has 5 rings (SSSR count). The van der Waals surface area contributed by atoms with Gasteiger partial charge in [-0.15, -0.1) is 0 Å². The van der Waals surface area contributed by atoms with Crippen molar-refractivity contribution in [3.05, 3.63) is 101 Å². The smallest absolute Gasteiger partial charge is 0.338 e. The summed E-state index contributed by atoms with van der Waals surface area (Å²) in [5.41, 5.74) is 7.37. The molecule has 0 unspecified atom stereocenters. The van der Waals surface area contributed by atoms with Crippen LogP contribution in [0.25, 0.3) is 17.0 Å². The van der Waals surface area contributed by atoms with Gasteiger partial charge in [-0.25, -0.2) is 9.79 Å². The standard InChI is InChI=1S/C32H35N3O3S/c1-8-34-21(7)24(25-16-19(5)10-15-26(25)34)17-27-30(36)35-29(23-13-11-22(12-14-23)18(3)4)28(31(37)38-9-2)20(6)33-32(35)39-27/h10-18,29H,8-9H2,1-7H3/b27-17-/t29-/m1/s1. The Morgan fingerprint density at radius 1 is 1.10 bits per heavy atom. The molecule has 0 aliphatic carbocycles. The number of ether oxygens (including phenoxy) is 1. The highest BCUT2D eigenvalue weighted by molar-refractivity contribution is 7.07. The minimum Gasteiger partial charge on any atom is -0.463 e. The van der Waals surface area contributed by atoms with Crippen molar-refractivity contribution in [2.45, 2.75) is 67.0 Å². The van der Waals surface area contributed by atoms with E-state index in [1.165, 1.54) is 22.5 Å². The molecule has 2 aromatic heterocycles. The van der Waals surface area contributed by atoms with Crippen LogP contribution in [0.3, 0.4) is 0 Å². The number of carbonyl (C=O) groups excluding carboxylic acids is 1. The minimum absolute atomic E-state index is 0.157. The van der Waals surface area contributed by atoms with Crippen LogP contribution in [0.4, 0.5) is 0 Å². The van der Waals surface area contributed by atoms with Gasteiger partial charge in [0.05, 0.1) is 28.5 Å². The van der Waals surface area contributed by atoms with Crippen molar-refractivity contribution in [1.82, 2.24) is 9.13 Å². The van der Waals surface area contributed by atoms with E-state index in [-0.39, 0.29) is 12.2 Å². The molecule has 0 N–H and O–H groups in total. The van der Waals surface area contributed by atoms with Gasteiger partial charge in [-0.1, -0.05) is 61.1 Å². The van der Waals surface area contributed by atoms with E-state index < -0.39 is 12.0 Å². The molecule has 7 heteroatoms. The Kier molecular flexibility index (Phi) is 7.21. The Morgan fingerprint density at radius 3 is 2.46 bits per heavy atom. The number of hydrogen-bond donors (Lipinski definition) is 0. The fourth-order valence-electron chi connectivity index (χ4n) is 5.51. The van der Waals surface area contributed by atoms with Crippen LogP contribution >= 0.6 is 11.3 Å². The molecule has 2 aromatic carbocycles. The fraction of sp³-hybridized carbons (Fsp3) is 0.344. The molecular formula is C32H35N3O3S. The zero-order chi connectivity index (χ0) is 28.0. The quantitative estimate of drug-likeness (QED) is 0.302.